The molecule has 0 aromatic carbocycles. The molecule has 4 nitrogen and oxygen atoms in total. The Morgan fingerprint density at radius 1 is 1.11 bits per heavy atom. The van der Waals surface area contributed by atoms with Gasteiger partial charge in [0.1, 0.15) is 5.78 Å². The van der Waals surface area contributed by atoms with E-state index in [4.69, 9.17) is 0 Å². The van der Waals surface area contributed by atoms with Gasteiger partial charge in [0.25, 0.3) is 0 Å². The summed E-state index contributed by atoms with van der Waals surface area (Å²) in [6.45, 7) is 13.2. The Bertz CT molecular complexity index is 281. The zero-order valence-corrected chi connectivity index (χ0v) is 14.1. The molecule has 2 N–H and O–H groups in total. The van der Waals surface area contributed by atoms with Gasteiger partial charge in [-0.2, -0.15) is 0 Å². The summed E-state index contributed by atoms with van der Waals surface area (Å²) in [7, 11) is 3.29. The monoisotopic (exact) mass is 269 g/mol. The summed E-state index contributed by atoms with van der Waals surface area (Å²) in [5, 5.41) is 0. The molecule has 0 aliphatic carbocycles. The van der Waals surface area contributed by atoms with Gasteiger partial charge in [-0.25, -0.2) is 0 Å². The summed E-state index contributed by atoms with van der Waals surface area (Å²) in [6.07, 6.45) is 0. The van der Waals surface area contributed by atoms with Crippen molar-refractivity contribution in [3.05, 3.63) is 0 Å². The number of nitrogens with two attached hydrogens (primary N) is 1. The van der Waals surface area contributed by atoms with Gasteiger partial charge in [-0.3, -0.25) is 9.59 Å². The van der Waals surface area contributed by atoms with Crippen LogP contribution in [0.15, 0.2) is 0 Å². The van der Waals surface area contributed by atoms with Crippen LogP contribution in [0.4, 0.5) is 0 Å². The number of carbonyl (C=O) groups is 2. The summed E-state index contributed by atoms with van der Waals surface area (Å²) in [6, 6.07) is 0. The Labute approximate surface area is 125 Å². The number of hydrogen-bond donors (Lipinski definition) is 1. The zero-order valence-electron chi connectivity index (χ0n) is 16.1. The largest absolute Gasteiger partial charge is 2.00 e. The van der Waals surface area contributed by atoms with Crippen LogP contribution in [0.2, 0.25) is 0 Å². The van der Waals surface area contributed by atoms with E-state index in [1.54, 1.807) is 25.8 Å². The van der Waals surface area contributed by atoms with E-state index in [-0.39, 0.29) is 41.5 Å². The molecule has 5 heteroatoms. The van der Waals surface area contributed by atoms with Gasteiger partial charge in [-0.05, 0) is 33.2 Å². The van der Waals surface area contributed by atoms with Crippen molar-refractivity contribution < 1.29 is 12.4 Å². The minimum Gasteiger partial charge on any atom is -1.00 e. The Kier molecular flexibility index (Phi) is 10.4. The van der Waals surface area contributed by atoms with Crippen LogP contribution >= 0.6 is 0 Å². The average Bonchev–Trinajstić information content (AvgIpc) is 2.28. The van der Waals surface area contributed by atoms with Crippen LogP contribution < -0.4 is 5.73 Å². The smallest absolute Gasteiger partial charge is 1.00 e. The molecule has 0 bridgehead atoms. The van der Waals surface area contributed by atoms with Gasteiger partial charge < -0.3 is 13.5 Å². The van der Waals surface area contributed by atoms with E-state index >= 15 is 0 Å². The summed E-state index contributed by atoms with van der Waals surface area (Å²) in [5.74, 6) is 0.105. The van der Waals surface area contributed by atoms with Gasteiger partial charge in [-0.15, -0.1) is 0 Å². The van der Waals surface area contributed by atoms with Crippen molar-refractivity contribution in [3.8, 4) is 0 Å². The maximum atomic E-state index is 11.5. The van der Waals surface area contributed by atoms with Crippen LogP contribution in [-0.2, 0) is 9.59 Å². The number of ketones is 1. The second kappa shape index (κ2) is 8.44. The normalized spacial score (nSPS) is 12.5. The molecule has 0 rings (SSSR count). The summed E-state index contributed by atoms with van der Waals surface area (Å²) in [4.78, 5) is 24.7. The SMILES string of the molecule is CC(=O)C(C)C(C)(C)C(C)(C)N(C)C(C)=O.CN.[Be+2].[H-].[H-]. The van der Waals surface area contributed by atoms with Crippen molar-refractivity contribution in [1.82, 2.24) is 4.90 Å². The molecule has 0 saturated carbocycles. The molecule has 0 heterocycles. The van der Waals surface area contributed by atoms with Crippen LogP contribution in [0.3, 0.4) is 0 Å². The summed E-state index contributed by atoms with van der Waals surface area (Å²) in [5.41, 5.74) is 3.88. The van der Waals surface area contributed by atoms with E-state index < -0.39 is 0 Å². The summed E-state index contributed by atoms with van der Waals surface area (Å²) >= 11 is 0. The number of rotatable bonds is 4. The molecule has 0 aliphatic rings. The molecule has 1 unspecified atom stereocenters. The minimum atomic E-state index is -0.357. The van der Waals surface area contributed by atoms with E-state index in [0.29, 0.717) is 0 Å². The van der Waals surface area contributed by atoms with E-state index in [1.807, 2.05) is 34.6 Å². The number of Topliss-reactive ketones (excluding diaryl/α,β-unsaturated/α-hetero) is 1. The Balaban J connectivity index is -0.000000163. The molecule has 1 atom stereocenters. The van der Waals surface area contributed by atoms with Crippen LogP contribution in [0.25, 0.3) is 0 Å². The van der Waals surface area contributed by atoms with E-state index in [1.165, 1.54) is 7.05 Å². The van der Waals surface area contributed by atoms with Crippen molar-refractivity contribution in [2.75, 3.05) is 14.1 Å². The predicted molar refractivity (Wildman–Crippen MR) is 84.2 cm³/mol. The van der Waals surface area contributed by atoms with Crippen LogP contribution in [0.5, 0.6) is 0 Å². The van der Waals surface area contributed by atoms with E-state index in [0.717, 1.165) is 0 Å². The van der Waals surface area contributed by atoms with E-state index in [2.05, 4.69) is 5.73 Å². The third kappa shape index (κ3) is 5.04. The van der Waals surface area contributed by atoms with Gasteiger partial charge in [0, 0.05) is 25.4 Å². The molecule has 112 valence electrons. The number of nitrogens with zero attached hydrogens (tertiary/aromatic N) is 1. The van der Waals surface area contributed by atoms with Gasteiger partial charge in [0.05, 0.1) is 0 Å². The van der Waals surface area contributed by atoms with Crippen molar-refractivity contribution in [1.29, 1.82) is 0 Å². The fraction of sp³-hybridized carbons (Fsp3) is 0.857. The Hall–Kier alpha value is -0.731. The molecule has 1 amide bonds. The van der Waals surface area contributed by atoms with Gasteiger partial charge in [-0.1, -0.05) is 20.8 Å². The molecule has 0 aromatic rings. The summed E-state index contributed by atoms with van der Waals surface area (Å²) < 4.78 is 0. The molecule has 0 radical (unpaired) electrons. The predicted octanol–water partition coefficient (Wildman–Crippen LogP) is 1.91. The van der Waals surface area contributed by atoms with Crippen molar-refractivity contribution >= 4 is 21.8 Å². The van der Waals surface area contributed by atoms with Crippen LogP contribution in [0, 0.1) is 11.3 Å². The maximum Gasteiger partial charge on any atom is 2.00 e. The van der Waals surface area contributed by atoms with Crippen molar-refractivity contribution in [3.63, 3.8) is 0 Å². The topological polar surface area (TPSA) is 63.4 Å². The average molecular weight is 269 g/mol. The molecule has 0 spiro atoms. The Morgan fingerprint density at radius 3 is 1.63 bits per heavy atom. The number of hydrogen-bond acceptors (Lipinski definition) is 3. The van der Waals surface area contributed by atoms with Crippen molar-refractivity contribution in [2.24, 2.45) is 17.1 Å². The fourth-order valence-electron chi connectivity index (χ4n) is 1.86. The first kappa shape index (κ1) is 23.4. The first-order valence-electron chi connectivity index (χ1n) is 6.28. The molecule has 0 aliphatic heterocycles. The standard InChI is InChI=1S/C13H25NO2.CH5N.Be.2H/c1-9(10(2)15)12(4,5)13(6,7)14(8)11(3)16;1-2;;;/h9H,1-8H3;2H2,1H3;;;/q;;+2;2*-1. The number of amides is 1. The first-order chi connectivity index (χ1) is 7.96. The molecular weight excluding hydrogens is 237 g/mol. The van der Waals surface area contributed by atoms with Crippen LogP contribution in [0.1, 0.15) is 51.3 Å². The molecule has 0 fully saturated rings. The second-order valence-corrected chi connectivity index (χ2v) is 5.69. The molecule has 0 saturated heterocycles. The molecule has 0 aromatic heterocycles. The fourth-order valence-corrected chi connectivity index (χ4v) is 1.86. The number of carbonyl (C=O) groups excluding carboxylic acids is 2. The third-order valence-corrected chi connectivity index (χ3v) is 4.58. The second-order valence-electron chi connectivity index (χ2n) is 5.69. The van der Waals surface area contributed by atoms with Gasteiger partial charge >= 0.3 is 10.1 Å². The minimum absolute atomic E-state index is 0. The molecule has 19 heavy (non-hydrogen) atoms. The molecular formula is C14H32BeN2O2. The first-order valence-corrected chi connectivity index (χ1v) is 6.28. The third-order valence-electron chi connectivity index (χ3n) is 4.58. The van der Waals surface area contributed by atoms with Crippen molar-refractivity contribution in [2.45, 2.75) is 54.0 Å². The quantitative estimate of drug-likeness (QED) is 0.793. The van der Waals surface area contributed by atoms with Gasteiger partial charge in [0.15, 0.2) is 0 Å². The zero-order chi connectivity index (χ0) is 15.3. The Morgan fingerprint density at radius 2 is 1.42 bits per heavy atom. The van der Waals surface area contributed by atoms with Crippen LogP contribution in [-0.4, -0.2) is 46.3 Å². The maximum absolute atomic E-state index is 11.5. The van der Waals surface area contributed by atoms with E-state index in [9.17, 15) is 9.59 Å². The van der Waals surface area contributed by atoms with Gasteiger partial charge in [0.2, 0.25) is 5.91 Å².